The number of amides is 2. The van der Waals surface area contributed by atoms with Crippen molar-refractivity contribution < 1.29 is 31.5 Å². The third-order valence-electron chi connectivity index (χ3n) is 6.51. The van der Waals surface area contributed by atoms with E-state index in [1.54, 1.807) is 0 Å². The summed E-state index contributed by atoms with van der Waals surface area (Å²) in [5.74, 6) is -3.41. The standard InChI is InChI=1S/C22H20F5N7O2/c23-13-5-14(24)19-15(6-13)34(10-18(35)33-3-1-2-16(33)22(25,26)27)31-20(19)12-8-32(9-12)21(36)11-4-17(28)30-29-7-11/h4-7,12,16H,1-3,8-10H2,(H2,28,30)/t16-/m0/s1. The van der Waals surface area contributed by atoms with Crippen molar-refractivity contribution in [2.75, 3.05) is 25.4 Å². The van der Waals surface area contributed by atoms with Crippen molar-refractivity contribution >= 4 is 28.5 Å². The summed E-state index contributed by atoms with van der Waals surface area (Å²) in [6.45, 7) is -0.365. The maximum absolute atomic E-state index is 14.8. The first kappa shape index (κ1) is 23.9. The van der Waals surface area contributed by atoms with Gasteiger partial charge in [-0.2, -0.15) is 23.4 Å². The number of nitrogens with zero attached hydrogens (tertiary/aromatic N) is 6. The molecule has 1 atom stereocenters. The number of carbonyl (C=O) groups is 2. The molecule has 0 saturated carbocycles. The number of halogens is 5. The molecule has 0 unspecified atom stereocenters. The zero-order valence-electron chi connectivity index (χ0n) is 18.7. The van der Waals surface area contributed by atoms with Gasteiger partial charge in [-0.05, 0) is 18.9 Å². The molecule has 2 fully saturated rings. The van der Waals surface area contributed by atoms with E-state index in [9.17, 15) is 31.5 Å². The topological polar surface area (TPSA) is 110 Å². The molecule has 0 spiro atoms. The molecule has 0 bridgehead atoms. The summed E-state index contributed by atoms with van der Waals surface area (Å²) in [4.78, 5) is 27.6. The van der Waals surface area contributed by atoms with Gasteiger partial charge in [-0.3, -0.25) is 14.3 Å². The molecule has 0 aliphatic carbocycles. The number of nitrogens with two attached hydrogens (primary N) is 1. The summed E-state index contributed by atoms with van der Waals surface area (Å²) in [5.41, 5.74) is 5.93. The van der Waals surface area contributed by atoms with E-state index in [0.29, 0.717) is 6.07 Å². The lowest BCUT2D eigenvalue weighted by Crippen LogP contribution is -2.48. The molecule has 0 radical (unpaired) electrons. The zero-order chi connectivity index (χ0) is 25.8. The van der Waals surface area contributed by atoms with Crippen molar-refractivity contribution in [3.8, 4) is 0 Å². The molecule has 4 heterocycles. The van der Waals surface area contributed by atoms with Gasteiger partial charge in [-0.25, -0.2) is 8.78 Å². The van der Waals surface area contributed by atoms with Crippen LogP contribution < -0.4 is 5.73 Å². The third kappa shape index (κ3) is 4.20. The van der Waals surface area contributed by atoms with Gasteiger partial charge < -0.3 is 15.5 Å². The number of anilines is 1. The molecule has 2 aliphatic heterocycles. The number of fused-ring (bicyclic) bond motifs is 1. The lowest BCUT2D eigenvalue weighted by atomic mass is 9.93. The number of carbonyl (C=O) groups excluding carboxylic acids is 2. The van der Waals surface area contributed by atoms with Crippen LogP contribution in [0.3, 0.4) is 0 Å². The van der Waals surface area contributed by atoms with Gasteiger partial charge in [0.25, 0.3) is 5.91 Å². The van der Waals surface area contributed by atoms with Crippen LogP contribution in [-0.4, -0.2) is 73.4 Å². The van der Waals surface area contributed by atoms with E-state index in [1.807, 2.05) is 0 Å². The Hall–Kier alpha value is -3.84. The second kappa shape index (κ2) is 8.68. The first-order chi connectivity index (χ1) is 17.0. The average molecular weight is 509 g/mol. The van der Waals surface area contributed by atoms with E-state index in [1.165, 1.54) is 17.2 Å². The molecule has 2 amide bonds. The molecule has 36 heavy (non-hydrogen) atoms. The molecule has 9 nitrogen and oxygen atoms in total. The summed E-state index contributed by atoms with van der Waals surface area (Å²) in [6, 6.07) is 1.13. The molecule has 190 valence electrons. The van der Waals surface area contributed by atoms with Crippen LogP contribution >= 0.6 is 0 Å². The highest BCUT2D eigenvalue weighted by Gasteiger charge is 2.47. The second-order valence-corrected chi connectivity index (χ2v) is 8.89. The highest BCUT2D eigenvalue weighted by molar-refractivity contribution is 5.95. The fourth-order valence-electron chi connectivity index (χ4n) is 4.78. The van der Waals surface area contributed by atoms with Crippen molar-refractivity contribution in [2.45, 2.75) is 37.5 Å². The molecule has 1 aromatic carbocycles. The van der Waals surface area contributed by atoms with Crippen molar-refractivity contribution in [3.05, 3.63) is 47.3 Å². The number of hydrogen-bond acceptors (Lipinski definition) is 6. The number of nitrogen functional groups attached to an aromatic ring is 1. The Morgan fingerprint density at radius 2 is 1.89 bits per heavy atom. The Kier molecular flexibility index (Phi) is 5.75. The summed E-state index contributed by atoms with van der Waals surface area (Å²) in [5, 5.41) is 11.5. The predicted molar refractivity (Wildman–Crippen MR) is 116 cm³/mol. The van der Waals surface area contributed by atoms with Gasteiger partial charge in [0.1, 0.15) is 30.0 Å². The highest BCUT2D eigenvalue weighted by Crippen LogP contribution is 2.36. The minimum absolute atomic E-state index is 0.0371. The molecule has 2 aliphatic rings. The van der Waals surface area contributed by atoms with E-state index < -0.39 is 42.2 Å². The van der Waals surface area contributed by atoms with Gasteiger partial charge in [0.15, 0.2) is 0 Å². The van der Waals surface area contributed by atoms with E-state index in [2.05, 4.69) is 15.3 Å². The predicted octanol–water partition coefficient (Wildman–Crippen LogP) is 2.48. The summed E-state index contributed by atoms with van der Waals surface area (Å²) >= 11 is 0. The second-order valence-electron chi connectivity index (χ2n) is 8.89. The van der Waals surface area contributed by atoms with Crippen molar-refractivity contribution in [3.63, 3.8) is 0 Å². The van der Waals surface area contributed by atoms with Gasteiger partial charge in [0, 0.05) is 37.7 Å². The maximum Gasteiger partial charge on any atom is 0.408 e. The number of likely N-dealkylation sites (tertiary alicyclic amines) is 2. The largest absolute Gasteiger partial charge is 0.408 e. The fraction of sp³-hybridized carbons (Fsp3) is 0.409. The highest BCUT2D eigenvalue weighted by atomic mass is 19.4. The summed E-state index contributed by atoms with van der Waals surface area (Å²) in [7, 11) is 0. The lowest BCUT2D eigenvalue weighted by molar-refractivity contribution is -0.183. The Morgan fingerprint density at radius 3 is 2.58 bits per heavy atom. The molecule has 14 heteroatoms. The summed E-state index contributed by atoms with van der Waals surface area (Å²) in [6.07, 6.45) is -3.31. The third-order valence-corrected chi connectivity index (χ3v) is 6.51. The molecule has 2 saturated heterocycles. The zero-order valence-corrected chi connectivity index (χ0v) is 18.7. The van der Waals surface area contributed by atoms with Crippen LogP contribution in [0.2, 0.25) is 0 Å². The van der Waals surface area contributed by atoms with Crippen LogP contribution in [0, 0.1) is 11.6 Å². The van der Waals surface area contributed by atoms with Crippen molar-refractivity contribution in [1.29, 1.82) is 0 Å². The van der Waals surface area contributed by atoms with E-state index in [4.69, 9.17) is 5.73 Å². The number of benzene rings is 1. The van der Waals surface area contributed by atoms with Crippen LogP contribution in [0.1, 0.15) is 34.8 Å². The van der Waals surface area contributed by atoms with Gasteiger partial charge >= 0.3 is 6.18 Å². The Morgan fingerprint density at radius 1 is 1.14 bits per heavy atom. The van der Waals surface area contributed by atoms with Crippen LogP contribution in [-0.2, 0) is 11.3 Å². The van der Waals surface area contributed by atoms with Crippen LogP contribution in [0.4, 0.5) is 27.8 Å². The normalized spacial score (nSPS) is 18.6. The monoisotopic (exact) mass is 509 g/mol. The van der Waals surface area contributed by atoms with Crippen molar-refractivity contribution in [2.24, 2.45) is 0 Å². The van der Waals surface area contributed by atoms with Gasteiger partial charge in [-0.1, -0.05) is 0 Å². The van der Waals surface area contributed by atoms with Gasteiger partial charge in [0.05, 0.1) is 28.4 Å². The molecule has 2 aromatic heterocycles. The van der Waals surface area contributed by atoms with Gasteiger partial charge in [-0.15, -0.1) is 5.10 Å². The maximum atomic E-state index is 14.8. The Labute approximate surface area is 200 Å². The van der Waals surface area contributed by atoms with Crippen LogP contribution in [0.5, 0.6) is 0 Å². The van der Waals surface area contributed by atoms with Crippen LogP contribution in [0.25, 0.3) is 10.9 Å². The molecular formula is C22H20F5N7O2. The van der Waals surface area contributed by atoms with E-state index in [0.717, 1.165) is 15.6 Å². The molecule has 5 rings (SSSR count). The van der Waals surface area contributed by atoms with E-state index >= 15 is 0 Å². The Bertz CT molecular complexity index is 1350. The fourth-order valence-corrected chi connectivity index (χ4v) is 4.78. The van der Waals surface area contributed by atoms with Crippen LogP contribution in [0.15, 0.2) is 24.4 Å². The average Bonchev–Trinajstić information content (AvgIpc) is 3.39. The summed E-state index contributed by atoms with van der Waals surface area (Å²) < 4.78 is 69.8. The smallest absolute Gasteiger partial charge is 0.382 e. The number of alkyl halides is 3. The minimum Gasteiger partial charge on any atom is -0.382 e. The number of rotatable bonds is 4. The number of hydrogen-bond donors (Lipinski definition) is 1. The first-order valence-electron chi connectivity index (χ1n) is 11.1. The molecule has 3 aromatic rings. The molecular weight excluding hydrogens is 489 g/mol. The Balaban J connectivity index is 1.40. The first-order valence-corrected chi connectivity index (χ1v) is 11.1. The molecule has 2 N–H and O–H groups in total. The SMILES string of the molecule is Nc1cc(C(=O)N2CC(c3nn(CC(=O)N4CCC[C@H]4C(F)(F)F)c4cc(F)cc(F)c34)C2)cnn1. The van der Waals surface area contributed by atoms with Gasteiger partial charge in [0.2, 0.25) is 5.91 Å². The lowest BCUT2D eigenvalue weighted by Gasteiger charge is -2.38. The van der Waals surface area contributed by atoms with Crippen molar-refractivity contribution in [1.82, 2.24) is 29.8 Å². The minimum atomic E-state index is -4.57. The number of aromatic nitrogens is 4. The van der Waals surface area contributed by atoms with E-state index in [-0.39, 0.29) is 66.4 Å². The quantitative estimate of drug-likeness (QED) is 0.542.